The van der Waals surface area contributed by atoms with Crippen molar-refractivity contribution in [1.82, 2.24) is 10.6 Å². The van der Waals surface area contributed by atoms with Crippen molar-refractivity contribution in [1.29, 1.82) is 0 Å². The van der Waals surface area contributed by atoms with Crippen LogP contribution in [0, 0.1) is 0 Å². The number of hydrogen-bond acceptors (Lipinski definition) is 4. The zero-order chi connectivity index (χ0) is 13.5. The number of likely N-dealkylation sites (N-methyl/N-ethyl adjacent to an activating group) is 1. The quantitative estimate of drug-likeness (QED) is 0.755. The van der Waals surface area contributed by atoms with E-state index >= 15 is 0 Å². The van der Waals surface area contributed by atoms with Gasteiger partial charge in [0, 0.05) is 6.54 Å². The second-order valence-electron chi connectivity index (χ2n) is 3.92. The maximum Gasteiger partial charge on any atom is 0.337 e. The molecule has 0 saturated heterocycles. The lowest BCUT2D eigenvalue weighted by Crippen LogP contribution is -2.39. The van der Waals surface area contributed by atoms with Gasteiger partial charge < -0.3 is 15.4 Å². The SMILES string of the molecule is CNC(C)C(=O)NCc1ccc(C(=O)OC)cc1. The number of methoxy groups -OCH3 is 1. The molecule has 98 valence electrons. The van der Waals surface area contributed by atoms with Crippen molar-refractivity contribution < 1.29 is 14.3 Å². The average Bonchev–Trinajstić information content (AvgIpc) is 2.43. The van der Waals surface area contributed by atoms with Gasteiger partial charge in [0.1, 0.15) is 0 Å². The van der Waals surface area contributed by atoms with E-state index in [-0.39, 0.29) is 17.9 Å². The van der Waals surface area contributed by atoms with Crippen molar-refractivity contribution in [2.75, 3.05) is 14.2 Å². The minimum absolute atomic E-state index is 0.0606. The van der Waals surface area contributed by atoms with Crippen LogP contribution in [0.15, 0.2) is 24.3 Å². The number of carbonyl (C=O) groups is 2. The normalized spacial score (nSPS) is 11.7. The Balaban J connectivity index is 2.54. The smallest absolute Gasteiger partial charge is 0.337 e. The summed E-state index contributed by atoms with van der Waals surface area (Å²) >= 11 is 0. The summed E-state index contributed by atoms with van der Waals surface area (Å²) in [6.07, 6.45) is 0. The summed E-state index contributed by atoms with van der Waals surface area (Å²) in [7, 11) is 3.07. The van der Waals surface area contributed by atoms with Crippen LogP contribution < -0.4 is 10.6 Å². The van der Waals surface area contributed by atoms with E-state index in [1.165, 1.54) is 7.11 Å². The first kappa shape index (κ1) is 14.2. The summed E-state index contributed by atoms with van der Waals surface area (Å²) in [6.45, 7) is 2.22. The fraction of sp³-hybridized carbons (Fsp3) is 0.385. The van der Waals surface area contributed by atoms with Gasteiger partial charge >= 0.3 is 5.97 Å². The van der Waals surface area contributed by atoms with Gasteiger partial charge in [-0.3, -0.25) is 4.79 Å². The summed E-state index contributed by atoms with van der Waals surface area (Å²) < 4.78 is 4.60. The summed E-state index contributed by atoms with van der Waals surface area (Å²) in [4.78, 5) is 22.7. The lowest BCUT2D eigenvalue weighted by Gasteiger charge is -2.11. The highest BCUT2D eigenvalue weighted by Gasteiger charge is 2.09. The molecular formula is C13H18N2O3. The van der Waals surface area contributed by atoms with Crippen LogP contribution in [0.4, 0.5) is 0 Å². The number of esters is 1. The van der Waals surface area contributed by atoms with E-state index in [0.717, 1.165) is 5.56 Å². The number of amides is 1. The van der Waals surface area contributed by atoms with Crippen LogP contribution in [0.2, 0.25) is 0 Å². The summed E-state index contributed by atoms with van der Waals surface area (Å²) in [5.41, 5.74) is 1.43. The Labute approximate surface area is 107 Å². The third kappa shape index (κ3) is 3.85. The first-order valence-electron chi connectivity index (χ1n) is 5.70. The largest absolute Gasteiger partial charge is 0.465 e. The number of nitrogens with one attached hydrogen (secondary N) is 2. The molecule has 1 aromatic carbocycles. The van der Waals surface area contributed by atoms with E-state index < -0.39 is 0 Å². The van der Waals surface area contributed by atoms with Crippen LogP contribution in [0.3, 0.4) is 0 Å². The highest BCUT2D eigenvalue weighted by atomic mass is 16.5. The molecule has 0 fully saturated rings. The van der Waals surface area contributed by atoms with E-state index in [1.54, 1.807) is 38.2 Å². The summed E-state index contributed by atoms with van der Waals surface area (Å²) in [5.74, 6) is -0.427. The molecule has 0 radical (unpaired) electrons. The summed E-state index contributed by atoms with van der Waals surface area (Å²) in [6, 6.07) is 6.70. The van der Waals surface area contributed by atoms with Gasteiger partial charge in [-0.05, 0) is 31.7 Å². The first-order chi connectivity index (χ1) is 8.58. The lowest BCUT2D eigenvalue weighted by molar-refractivity contribution is -0.122. The maximum atomic E-state index is 11.5. The minimum atomic E-state index is -0.366. The fourth-order valence-electron chi connectivity index (χ4n) is 1.35. The molecule has 0 aliphatic carbocycles. The Hall–Kier alpha value is -1.88. The van der Waals surface area contributed by atoms with Crippen LogP contribution in [-0.4, -0.2) is 32.1 Å². The molecule has 1 unspecified atom stereocenters. The average molecular weight is 250 g/mol. The molecule has 2 N–H and O–H groups in total. The molecular weight excluding hydrogens is 232 g/mol. The highest BCUT2D eigenvalue weighted by Crippen LogP contribution is 2.05. The number of hydrogen-bond donors (Lipinski definition) is 2. The molecule has 1 atom stereocenters. The maximum absolute atomic E-state index is 11.5. The number of benzene rings is 1. The Bertz CT molecular complexity index is 415. The number of ether oxygens (including phenoxy) is 1. The monoisotopic (exact) mass is 250 g/mol. The van der Waals surface area contributed by atoms with Crippen LogP contribution in [0.25, 0.3) is 0 Å². The van der Waals surface area contributed by atoms with Crippen molar-refractivity contribution in [2.45, 2.75) is 19.5 Å². The Morgan fingerprint density at radius 3 is 2.39 bits per heavy atom. The van der Waals surface area contributed by atoms with Gasteiger partial charge in [0.25, 0.3) is 0 Å². The first-order valence-corrected chi connectivity index (χ1v) is 5.70. The van der Waals surface area contributed by atoms with E-state index in [1.807, 2.05) is 0 Å². The Morgan fingerprint density at radius 2 is 1.89 bits per heavy atom. The van der Waals surface area contributed by atoms with Crippen molar-refractivity contribution >= 4 is 11.9 Å². The van der Waals surface area contributed by atoms with Gasteiger partial charge in [0.05, 0.1) is 18.7 Å². The predicted molar refractivity (Wildman–Crippen MR) is 68.1 cm³/mol. The number of carbonyl (C=O) groups excluding carboxylic acids is 2. The van der Waals surface area contributed by atoms with Crippen molar-refractivity contribution in [3.63, 3.8) is 0 Å². The van der Waals surface area contributed by atoms with Gasteiger partial charge in [-0.2, -0.15) is 0 Å². The third-order valence-corrected chi connectivity index (χ3v) is 2.67. The van der Waals surface area contributed by atoms with Gasteiger partial charge in [-0.15, -0.1) is 0 Å². The topological polar surface area (TPSA) is 67.4 Å². The zero-order valence-corrected chi connectivity index (χ0v) is 10.8. The molecule has 1 aromatic rings. The van der Waals surface area contributed by atoms with Crippen molar-refractivity contribution in [3.8, 4) is 0 Å². The fourth-order valence-corrected chi connectivity index (χ4v) is 1.35. The minimum Gasteiger partial charge on any atom is -0.465 e. The Morgan fingerprint density at radius 1 is 1.28 bits per heavy atom. The molecule has 0 bridgehead atoms. The van der Waals surface area contributed by atoms with E-state index in [4.69, 9.17) is 0 Å². The van der Waals surface area contributed by atoms with Crippen LogP contribution in [-0.2, 0) is 16.1 Å². The van der Waals surface area contributed by atoms with Gasteiger partial charge in [0.2, 0.25) is 5.91 Å². The van der Waals surface area contributed by atoms with Crippen molar-refractivity contribution in [2.24, 2.45) is 0 Å². The van der Waals surface area contributed by atoms with Crippen molar-refractivity contribution in [3.05, 3.63) is 35.4 Å². The molecule has 0 aliphatic rings. The molecule has 5 heteroatoms. The van der Waals surface area contributed by atoms with E-state index in [9.17, 15) is 9.59 Å². The standard InChI is InChI=1S/C13H18N2O3/c1-9(14-2)12(16)15-8-10-4-6-11(7-5-10)13(17)18-3/h4-7,9,14H,8H2,1-3H3,(H,15,16). The lowest BCUT2D eigenvalue weighted by atomic mass is 10.1. The van der Waals surface area contributed by atoms with Crippen LogP contribution in [0.5, 0.6) is 0 Å². The second kappa shape index (κ2) is 6.76. The van der Waals surface area contributed by atoms with Gasteiger partial charge in [0.15, 0.2) is 0 Å². The zero-order valence-electron chi connectivity index (χ0n) is 10.8. The predicted octanol–water partition coefficient (Wildman–Crippen LogP) is 0.697. The van der Waals surface area contributed by atoms with Gasteiger partial charge in [-0.25, -0.2) is 4.79 Å². The highest BCUT2D eigenvalue weighted by molar-refractivity contribution is 5.89. The number of rotatable bonds is 5. The van der Waals surface area contributed by atoms with Crippen LogP contribution >= 0.6 is 0 Å². The molecule has 0 aliphatic heterocycles. The van der Waals surface area contributed by atoms with E-state index in [2.05, 4.69) is 15.4 Å². The second-order valence-corrected chi connectivity index (χ2v) is 3.92. The summed E-state index contributed by atoms with van der Waals surface area (Å²) in [5, 5.41) is 5.65. The molecule has 1 rings (SSSR count). The third-order valence-electron chi connectivity index (χ3n) is 2.67. The Kier molecular flexibility index (Phi) is 5.32. The molecule has 0 spiro atoms. The molecule has 1 amide bonds. The van der Waals surface area contributed by atoms with Crippen LogP contribution in [0.1, 0.15) is 22.8 Å². The molecule has 0 saturated carbocycles. The molecule has 18 heavy (non-hydrogen) atoms. The van der Waals surface area contributed by atoms with E-state index in [0.29, 0.717) is 12.1 Å². The molecule has 0 aromatic heterocycles. The molecule has 0 heterocycles. The molecule has 5 nitrogen and oxygen atoms in total. The van der Waals surface area contributed by atoms with Gasteiger partial charge in [-0.1, -0.05) is 12.1 Å².